The van der Waals surface area contributed by atoms with E-state index in [9.17, 15) is 8.78 Å². The van der Waals surface area contributed by atoms with Crippen LogP contribution in [0.5, 0.6) is 5.75 Å². The molecule has 0 atom stereocenters. The van der Waals surface area contributed by atoms with E-state index in [1.807, 2.05) is 29.5 Å². The molecule has 0 spiro atoms. The molecule has 3 nitrogen and oxygen atoms in total. The van der Waals surface area contributed by atoms with Gasteiger partial charge in [0.2, 0.25) is 0 Å². The maximum Gasteiger partial charge on any atom is 0.167 e. The minimum absolute atomic E-state index is 0.144. The third-order valence-electron chi connectivity index (χ3n) is 2.77. The van der Waals surface area contributed by atoms with Gasteiger partial charge in [-0.15, -0.1) is 0 Å². The van der Waals surface area contributed by atoms with E-state index in [1.54, 1.807) is 6.07 Å². The summed E-state index contributed by atoms with van der Waals surface area (Å²) in [5, 5.41) is 3.07. The number of benzene rings is 2. The zero-order valence-corrected chi connectivity index (χ0v) is 13.6. The van der Waals surface area contributed by atoms with E-state index >= 15 is 0 Å². The van der Waals surface area contributed by atoms with Gasteiger partial charge in [0.1, 0.15) is 5.82 Å². The Morgan fingerprint density at radius 3 is 2.62 bits per heavy atom. The first-order chi connectivity index (χ1) is 10.0. The molecule has 0 saturated carbocycles. The quantitative estimate of drug-likeness (QED) is 0.562. The minimum Gasteiger partial charge on any atom is -0.490 e. The number of hydrogen-bond acceptors (Lipinski definition) is 3. The highest BCUT2D eigenvalue weighted by Crippen LogP contribution is 2.32. The Morgan fingerprint density at radius 1 is 1.19 bits per heavy atom. The van der Waals surface area contributed by atoms with Gasteiger partial charge in [0.05, 0.1) is 23.7 Å². The molecule has 0 aromatic heterocycles. The first-order valence-corrected chi connectivity index (χ1v) is 7.53. The molecule has 3 N–H and O–H groups in total. The minimum atomic E-state index is -0.500. The average Bonchev–Trinajstić information content (AvgIpc) is 2.43. The summed E-state index contributed by atoms with van der Waals surface area (Å²) in [6.07, 6.45) is 0.780. The zero-order valence-electron chi connectivity index (χ0n) is 11.4. The van der Waals surface area contributed by atoms with Crippen LogP contribution in [0.4, 0.5) is 25.8 Å². The molecule has 0 radical (unpaired) electrons. The molecule has 0 heterocycles. The van der Waals surface area contributed by atoms with Crippen molar-refractivity contribution in [1.82, 2.24) is 0 Å². The molecule has 0 unspecified atom stereocenters. The van der Waals surface area contributed by atoms with Gasteiger partial charge in [-0.05, 0) is 47.2 Å². The number of rotatable bonds is 5. The van der Waals surface area contributed by atoms with Crippen LogP contribution in [0, 0.1) is 15.2 Å². The monoisotopic (exact) mass is 404 g/mol. The summed E-state index contributed by atoms with van der Waals surface area (Å²) in [6, 6.07) is 7.08. The molecule has 112 valence electrons. The molecule has 2 aromatic rings. The normalized spacial score (nSPS) is 10.5. The number of hydrogen-bond donors (Lipinski definition) is 2. The molecule has 21 heavy (non-hydrogen) atoms. The second-order valence-corrected chi connectivity index (χ2v) is 5.63. The highest BCUT2D eigenvalue weighted by molar-refractivity contribution is 14.1. The summed E-state index contributed by atoms with van der Waals surface area (Å²) in [7, 11) is 0. The standard InChI is InChI=1S/C15H15F2IN2O/c1-2-5-21-15-8-14(12(19)7-10(15)17)20-13-4-3-9(16)6-11(13)18/h3-4,6-8,20H,2,5,19H2,1H3. The lowest BCUT2D eigenvalue weighted by atomic mass is 10.2. The van der Waals surface area contributed by atoms with E-state index < -0.39 is 5.82 Å². The fraction of sp³-hybridized carbons (Fsp3) is 0.200. The van der Waals surface area contributed by atoms with Crippen LogP contribution >= 0.6 is 22.6 Å². The van der Waals surface area contributed by atoms with Crippen molar-refractivity contribution in [2.45, 2.75) is 13.3 Å². The molecule has 6 heteroatoms. The summed E-state index contributed by atoms with van der Waals surface area (Å²) in [5.74, 6) is -0.671. The lowest BCUT2D eigenvalue weighted by Gasteiger charge is -2.14. The van der Waals surface area contributed by atoms with Gasteiger partial charge in [0, 0.05) is 15.7 Å². The van der Waals surface area contributed by atoms with E-state index in [4.69, 9.17) is 10.5 Å². The topological polar surface area (TPSA) is 47.3 Å². The van der Waals surface area contributed by atoms with E-state index in [0.717, 1.165) is 6.42 Å². The van der Waals surface area contributed by atoms with Crippen molar-refractivity contribution < 1.29 is 13.5 Å². The highest BCUT2D eigenvalue weighted by atomic mass is 127. The van der Waals surface area contributed by atoms with E-state index in [-0.39, 0.29) is 17.3 Å². The average molecular weight is 404 g/mol. The van der Waals surface area contributed by atoms with Crippen molar-refractivity contribution in [3.8, 4) is 5.75 Å². The Morgan fingerprint density at radius 2 is 1.95 bits per heavy atom. The third kappa shape index (κ3) is 3.96. The lowest BCUT2D eigenvalue weighted by Crippen LogP contribution is -2.03. The molecular formula is C15H15F2IN2O. The van der Waals surface area contributed by atoms with Gasteiger partial charge < -0.3 is 15.8 Å². The van der Waals surface area contributed by atoms with Gasteiger partial charge in [-0.2, -0.15) is 0 Å². The Hall–Kier alpha value is -1.57. The summed E-state index contributed by atoms with van der Waals surface area (Å²) in [6.45, 7) is 2.36. The van der Waals surface area contributed by atoms with Crippen molar-refractivity contribution in [3.05, 3.63) is 45.5 Å². The van der Waals surface area contributed by atoms with Crippen molar-refractivity contribution in [1.29, 1.82) is 0 Å². The predicted molar refractivity (Wildman–Crippen MR) is 89.0 cm³/mol. The Kier molecular flexibility index (Phi) is 5.22. The number of nitrogens with one attached hydrogen (secondary N) is 1. The first kappa shape index (κ1) is 15.8. The van der Waals surface area contributed by atoms with Crippen LogP contribution in [-0.2, 0) is 0 Å². The summed E-state index contributed by atoms with van der Waals surface area (Å²) in [5.41, 5.74) is 7.28. The van der Waals surface area contributed by atoms with Crippen LogP contribution in [0.25, 0.3) is 0 Å². The van der Waals surface area contributed by atoms with Crippen LogP contribution in [-0.4, -0.2) is 6.61 Å². The van der Waals surface area contributed by atoms with Gasteiger partial charge >= 0.3 is 0 Å². The van der Waals surface area contributed by atoms with Crippen LogP contribution in [0.15, 0.2) is 30.3 Å². The fourth-order valence-corrected chi connectivity index (χ4v) is 2.35. The van der Waals surface area contributed by atoms with Gasteiger partial charge in [0.15, 0.2) is 11.6 Å². The van der Waals surface area contributed by atoms with Crippen molar-refractivity contribution in [2.75, 3.05) is 17.7 Å². The first-order valence-electron chi connectivity index (χ1n) is 6.45. The van der Waals surface area contributed by atoms with Crippen LogP contribution in [0.2, 0.25) is 0 Å². The molecule has 2 rings (SSSR count). The Balaban J connectivity index is 2.30. The smallest absolute Gasteiger partial charge is 0.167 e. The Labute approximate surface area is 135 Å². The van der Waals surface area contributed by atoms with Crippen molar-refractivity contribution in [2.24, 2.45) is 0 Å². The van der Waals surface area contributed by atoms with E-state index in [2.05, 4.69) is 5.32 Å². The molecule has 0 saturated heterocycles. The van der Waals surface area contributed by atoms with Gasteiger partial charge in [-0.1, -0.05) is 6.92 Å². The van der Waals surface area contributed by atoms with Crippen molar-refractivity contribution in [3.63, 3.8) is 0 Å². The van der Waals surface area contributed by atoms with E-state index in [1.165, 1.54) is 24.3 Å². The SMILES string of the molecule is CCCOc1cc(Nc2ccc(F)cc2I)c(N)cc1F. The highest BCUT2D eigenvalue weighted by Gasteiger charge is 2.11. The second-order valence-electron chi connectivity index (χ2n) is 4.47. The molecular weight excluding hydrogens is 389 g/mol. The Bertz CT molecular complexity index is 650. The molecule has 2 aromatic carbocycles. The summed E-state index contributed by atoms with van der Waals surface area (Å²) >= 11 is 2.01. The van der Waals surface area contributed by atoms with Crippen LogP contribution in [0.1, 0.15) is 13.3 Å². The van der Waals surface area contributed by atoms with Crippen molar-refractivity contribution >= 4 is 39.7 Å². The molecule has 0 aliphatic heterocycles. The molecule has 0 aliphatic rings. The molecule has 0 amide bonds. The number of ether oxygens (including phenoxy) is 1. The molecule has 0 fully saturated rings. The molecule has 0 aliphatic carbocycles. The van der Waals surface area contributed by atoms with Gasteiger partial charge in [0.25, 0.3) is 0 Å². The number of nitrogens with two attached hydrogens (primary N) is 1. The lowest BCUT2D eigenvalue weighted by molar-refractivity contribution is 0.301. The van der Waals surface area contributed by atoms with Gasteiger partial charge in [-0.25, -0.2) is 8.78 Å². The summed E-state index contributed by atoms with van der Waals surface area (Å²) < 4.78 is 32.9. The second kappa shape index (κ2) is 6.93. The maximum absolute atomic E-state index is 13.7. The van der Waals surface area contributed by atoms with Crippen LogP contribution in [0.3, 0.4) is 0 Å². The number of nitrogen functional groups attached to an aromatic ring is 1. The number of anilines is 3. The third-order valence-corrected chi connectivity index (χ3v) is 3.66. The fourth-order valence-electron chi connectivity index (χ4n) is 1.74. The molecule has 0 bridgehead atoms. The largest absolute Gasteiger partial charge is 0.490 e. The number of halogens is 3. The maximum atomic E-state index is 13.7. The summed E-state index contributed by atoms with van der Waals surface area (Å²) in [4.78, 5) is 0. The predicted octanol–water partition coefficient (Wildman–Crippen LogP) is 4.68. The zero-order chi connectivity index (χ0) is 15.4. The van der Waals surface area contributed by atoms with Crippen LogP contribution < -0.4 is 15.8 Å². The van der Waals surface area contributed by atoms with E-state index in [0.29, 0.717) is 21.6 Å². The van der Waals surface area contributed by atoms with Gasteiger partial charge in [-0.3, -0.25) is 0 Å².